The molecule has 1 aromatic heterocycles. The molecule has 1 rings (SSSR count). The van der Waals surface area contributed by atoms with Crippen LogP contribution in [0.3, 0.4) is 0 Å². The maximum Gasteiger partial charge on any atom is 0.359 e. The third-order valence-electron chi connectivity index (χ3n) is 1.32. The van der Waals surface area contributed by atoms with Crippen LogP contribution in [0.25, 0.3) is 0 Å². The van der Waals surface area contributed by atoms with E-state index in [2.05, 4.69) is 15.6 Å². The van der Waals surface area contributed by atoms with Crippen molar-refractivity contribution >= 4 is 5.69 Å². The van der Waals surface area contributed by atoms with E-state index < -0.39 is 0 Å². The van der Waals surface area contributed by atoms with Gasteiger partial charge in [0.2, 0.25) is 0 Å². The zero-order valence-electron chi connectivity index (χ0n) is 6.77. The van der Waals surface area contributed by atoms with Crippen LogP contribution in [-0.4, -0.2) is 20.4 Å². The van der Waals surface area contributed by atoms with Gasteiger partial charge in [0, 0.05) is 0 Å². The van der Waals surface area contributed by atoms with Gasteiger partial charge in [0.15, 0.2) is 0 Å². The summed E-state index contributed by atoms with van der Waals surface area (Å²) in [6.07, 6.45) is 0. The molecule has 0 saturated heterocycles. The highest BCUT2D eigenvalue weighted by atomic mass is 16.7. The van der Waals surface area contributed by atoms with Crippen molar-refractivity contribution in [1.82, 2.24) is 10.2 Å². The van der Waals surface area contributed by atoms with Crippen LogP contribution in [0.1, 0.15) is 11.4 Å². The molecule has 0 bridgehead atoms. The van der Waals surface area contributed by atoms with Crippen LogP contribution in [0, 0.1) is 18.8 Å². The third-order valence-corrected chi connectivity index (χ3v) is 1.32. The lowest BCUT2D eigenvalue weighted by atomic mass is 10.3. The predicted octanol–water partition coefficient (Wildman–Crippen LogP) is 0.588. The Morgan fingerprint density at radius 3 is 2.75 bits per heavy atom. The SMILES string of the molecule is Cc1cc(N[N+](=O)O)c(C)nn1. The molecule has 6 heteroatoms. The molecule has 1 heterocycles. The van der Waals surface area contributed by atoms with Crippen LogP contribution in [0.4, 0.5) is 5.69 Å². The Morgan fingerprint density at radius 1 is 1.50 bits per heavy atom. The average molecular weight is 169 g/mol. The second kappa shape index (κ2) is 3.12. The summed E-state index contributed by atoms with van der Waals surface area (Å²) in [5.74, 6) is 0. The first-order chi connectivity index (χ1) is 5.59. The minimum atomic E-state index is -0.372. The Labute approximate surface area is 68.7 Å². The van der Waals surface area contributed by atoms with Crippen LogP contribution in [0.5, 0.6) is 0 Å². The first-order valence-electron chi connectivity index (χ1n) is 3.33. The van der Waals surface area contributed by atoms with Gasteiger partial charge in [-0.15, -0.1) is 0 Å². The van der Waals surface area contributed by atoms with Crippen LogP contribution < -0.4 is 5.43 Å². The molecule has 64 valence electrons. The number of nitrogens with one attached hydrogen (secondary N) is 1. The first-order valence-corrected chi connectivity index (χ1v) is 3.33. The quantitative estimate of drug-likeness (QED) is 0.633. The van der Waals surface area contributed by atoms with Gasteiger partial charge in [-0.05, 0) is 19.9 Å². The Bertz CT molecular complexity index is 312. The molecule has 0 spiro atoms. The van der Waals surface area contributed by atoms with Gasteiger partial charge in [0.25, 0.3) is 0 Å². The van der Waals surface area contributed by atoms with E-state index in [1.165, 1.54) is 0 Å². The number of hydrogen-bond donors (Lipinski definition) is 2. The third kappa shape index (κ3) is 1.88. The number of hydrogen-bond acceptors (Lipinski definition) is 3. The molecule has 0 aliphatic heterocycles. The van der Waals surface area contributed by atoms with Crippen molar-refractivity contribution in [3.8, 4) is 0 Å². The molecule has 0 fully saturated rings. The zero-order valence-corrected chi connectivity index (χ0v) is 6.77. The van der Waals surface area contributed by atoms with Crippen molar-refractivity contribution in [3.05, 3.63) is 22.4 Å². The van der Waals surface area contributed by atoms with E-state index in [0.717, 1.165) is 0 Å². The standard InChI is InChI=1S/C6H9N4O2/c1-4-3-6(9-10(11)12)5(2)8-7-4/h3H,1-2H3,(H,7,9)(H,11,12)/q+1. The summed E-state index contributed by atoms with van der Waals surface area (Å²) in [5, 5.41) is 15.5. The highest BCUT2D eigenvalue weighted by Crippen LogP contribution is 2.10. The number of hydrazine groups is 1. The normalized spacial score (nSPS) is 9.50. The molecule has 0 atom stereocenters. The molecule has 6 nitrogen and oxygen atoms in total. The van der Waals surface area contributed by atoms with Crippen LogP contribution in [-0.2, 0) is 0 Å². The average Bonchev–Trinajstić information content (AvgIpc) is 1.96. The second-order valence-corrected chi connectivity index (χ2v) is 2.37. The molecular weight excluding hydrogens is 160 g/mol. The Morgan fingerprint density at radius 2 is 2.17 bits per heavy atom. The fraction of sp³-hybridized carbons (Fsp3) is 0.333. The fourth-order valence-corrected chi connectivity index (χ4v) is 0.766. The molecule has 0 aromatic carbocycles. The maximum absolute atomic E-state index is 10.2. The molecule has 0 aliphatic rings. The Balaban J connectivity index is 2.97. The summed E-state index contributed by atoms with van der Waals surface area (Å²) in [4.78, 5) is 10.2. The Kier molecular flexibility index (Phi) is 2.18. The smallest absolute Gasteiger partial charge is 0.219 e. The van der Waals surface area contributed by atoms with Crippen molar-refractivity contribution in [1.29, 1.82) is 0 Å². The summed E-state index contributed by atoms with van der Waals surface area (Å²) in [6, 6.07) is 1.61. The first kappa shape index (κ1) is 8.38. The van der Waals surface area contributed by atoms with E-state index >= 15 is 0 Å². The molecule has 0 saturated carbocycles. The number of aryl methyl sites for hydroxylation is 2. The molecule has 0 radical (unpaired) electrons. The van der Waals surface area contributed by atoms with E-state index in [1.807, 2.05) is 0 Å². The molecule has 1 aromatic rings. The van der Waals surface area contributed by atoms with E-state index in [-0.39, 0.29) is 5.03 Å². The molecule has 0 amide bonds. The molecule has 2 N–H and O–H groups in total. The number of rotatable bonds is 2. The number of anilines is 1. The van der Waals surface area contributed by atoms with E-state index in [4.69, 9.17) is 5.21 Å². The summed E-state index contributed by atoms with van der Waals surface area (Å²) < 4.78 is 0. The van der Waals surface area contributed by atoms with Gasteiger partial charge >= 0.3 is 5.03 Å². The van der Waals surface area contributed by atoms with Gasteiger partial charge in [-0.2, -0.15) is 10.2 Å². The van der Waals surface area contributed by atoms with Crippen LogP contribution >= 0.6 is 0 Å². The van der Waals surface area contributed by atoms with Crippen molar-refractivity contribution < 1.29 is 10.2 Å². The lowest BCUT2D eigenvalue weighted by Gasteiger charge is -1.97. The van der Waals surface area contributed by atoms with E-state index in [9.17, 15) is 4.91 Å². The van der Waals surface area contributed by atoms with Crippen molar-refractivity contribution in [3.63, 3.8) is 0 Å². The van der Waals surface area contributed by atoms with E-state index in [1.54, 1.807) is 19.9 Å². The summed E-state index contributed by atoms with van der Waals surface area (Å²) in [5.41, 5.74) is 3.81. The van der Waals surface area contributed by atoms with Crippen molar-refractivity contribution in [2.24, 2.45) is 0 Å². The lowest BCUT2D eigenvalue weighted by molar-refractivity contribution is -0.769. The zero-order chi connectivity index (χ0) is 9.14. The van der Waals surface area contributed by atoms with Crippen LogP contribution in [0.2, 0.25) is 0 Å². The molecule has 0 aliphatic carbocycles. The topological polar surface area (TPSA) is 78.1 Å². The number of nitrogens with zero attached hydrogens (tertiary/aromatic N) is 3. The summed E-state index contributed by atoms with van der Waals surface area (Å²) >= 11 is 0. The van der Waals surface area contributed by atoms with Gasteiger partial charge in [-0.1, -0.05) is 5.43 Å². The predicted molar refractivity (Wildman–Crippen MR) is 40.5 cm³/mol. The second-order valence-electron chi connectivity index (χ2n) is 2.37. The monoisotopic (exact) mass is 169 g/mol. The highest BCUT2D eigenvalue weighted by Gasteiger charge is 2.08. The molecule has 0 unspecified atom stereocenters. The van der Waals surface area contributed by atoms with E-state index in [0.29, 0.717) is 17.1 Å². The van der Waals surface area contributed by atoms with Crippen molar-refractivity contribution in [2.75, 3.05) is 5.43 Å². The minimum absolute atomic E-state index is 0.372. The summed E-state index contributed by atoms with van der Waals surface area (Å²) in [7, 11) is 0. The number of aromatic nitrogens is 2. The van der Waals surface area contributed by atoms with Gasteiger partial charge in [0.1, 0.15) is 10.6 Å². The largest absolute Gasteiger partial charge is 0.359 e. The van der Waals surface area contributed by atoms with Crippen LogP contribution in [0.15, 0.2) is 6.07 Å². The van der Waals surface area contributed by atoms with Gasteiger partial charge in [-0.25, -0.2) is 5.21 Å². The molecular formula is C6H9N4O2+. The fourth-order valence-electron chi connectivity index (χ4n) is 0.766. The molecule has 12 heavy (non-hydrogen) atoms. The Hall–Kier alpha value is -1.72. The maximum atomic E-state index is 10.2. The van der Waals surface area contributed by atoms with Crippen molar-refractivity contribution in [2.45, 2.75) is 13.8 Å². The minimum Gasteiger partial charge on any atom is -0.219 e. The van der Waals surface area contributed by atoms with Gasteiger partial charge in [-0.3, -0.25) is 0 Å². The highest BCUT2D eigenvalue weighted by molar-refractivity contribution is 5.44. The van der Waals surface area contributed by atoms with Gasteiger partial charge in [0.05, 0.1) is 11.4 Å². The summed E-state index contributed by atoms with van der Waals surface area (Å²) in [6.45, 7) is 3.42. The lowest BCUT2D eigenvalue weighted by Crippen LogP contribution is -2.12. The van der Waals surface area contributed by atoms with Gasteiger partial charge < -0.3 is 0 Å².